The van der Waals surface area contributed by atoms with Crippen molar-refractivity contribution >= 4 is 5.97 Å². The monoisotopic (exact) mass is 360 g/mol. The minimum absolute atomic E-state index is 0.0749. The van der Waals surface area contributed by atoms with Crippen molar-refractivity contribution in [3.63, 3.8) is 0 Å². The molecule has 1 N–H and O–H groups in total. The van der Waals surface area contributed by atoms with Gasteiger partial charge in [0.25, 0.3) is 0 Å². The van der Waals surface area contributed by atoms with Crippen molar-refractivity contribution in [1.82, 2.24) is 0 Å². The molecule has 4 aliphatic rings. The van der Waals surface area contributed by atoms with Gasteiger partial charge in [-0.25, -0.2) is 0 Å². The topological polar surface area (TPSA) is 68.9 Å². The van der Waals surface area contributed by atoms with Gasteiger partial charge in [-0.05, 0) is 55.6 Å². The number of fused-ring (bicyclic) bond motifs is 2. The SMILES string of the molecule is COC(=O)[C@]1(C)CCC[C@]23CO[C@H]4c5occc5[C@H](C)[C@@H]([C@H]42)[C@@H](O)C[C@H]31. The third kappa shape index (κ3) is 1.81. The first-order valence-electron chi connectivity index (χ1n) is 9.89. The molecule has 5 heteroatoms. The molecule has 8 atom stereocenters. The number of esters is 1. The largest absolute Gasteiger partial charge is 0.469 e. The van der Waals surface area contributed by atoms with Crippen LogP contribution in [0.15, 0.2) is 16.7 Å². The van der Waals surface area contributed by atoms with Crippen molar-refractivity contribution in [2.24, 2.45) is 28.6 Å². The normalized spacial score (nSPS) is 49.1. The molecular formula is C21H28O5. The molecule has 5 rings (SSSR count). The van der Waals surface area contributed by atoms with Crippen molar-refractivity contribution in [3.8, 4) is 0 Å². The van der Waals surface area contributed by atoms with Gasteiger partial charge in [0.15, 0.2) is 0 Å². The number of ether oxygens (including phenoxy) is 2. The third-order valence-corrected chi connectivity index (χ3v) is 8.36. The fraction of sp³-hybridized carbons (Fsp3) is 0.762. The Morgan fingerprint density at radius 1 is 1.38 bits per heavy atom. The van der Waals surface area contributed by atoms with Crippen molar-refractivity contribution < 1.29 is 23.8 Å². The lowest BCUT2D eigenvalue weighted by atomic mass is 9.43. The van der Waals surface area contributed by atoms with Gasteiger partial charge in [0, 0.05) is 11.3 Å². The second-order valence-corrected chi connectivity index (χ2v) is 9.22. The number of methoxy groups -OCH3 is 1. The van der Waals surface area contributed by atoms with Crippen LogP contribution >= 0.6 is 0 Å². The van der Waals surface area contributed by atoms with Gasteiger partial charge in [-0.1, -0.05) is 13.3 Å². The summed E-state index contributed by atoms with van der Waals surface area (Å²) in [6.45, 7) is 4.89. The summed E-state index contributed by atoms with van der Waals surface area (Å²) in [5.41, 5.74) is 0.551. The number of hydrogen-bond acceptors (Lipinski definition) is 5. The molecule has 26 heavy (non-hydrogen) atoms. The summed E-state index contributed by atoms with van der Waals surface area (Å²) >= 11 is 0. The fourth-order valence-electron chi connectivity index (χ4n) is 7.31. The van der Waals surface area contributed by atoms with Crippen molar-refractivity contribution in [3.05, 3.63) is 23.7 Å². The molecule has 1 saturated heterocycles. The average Bonchev–Trinajstić information content (AvgIpc) is 3.24. The van der Waals surface area contributed by atoms with Crippen LogP contribution in [-0.4, -0.2) is 30.9 Å². The Morgan fingerprint density at radius 3 is 2.96 bits per heavy atom. The minimum Gasteiger partial charge on any atom is -0.469 e. The van der Waals surface area contributed by atoms with E-state index in [2.05, 4.69) is 6.92 Å². The molecule has 0 amide bonds. The van der Waals surface area contributed by atoms with E-state index in [1.807, 2.05) is 13.0 Å². The number of carbonyl (C=O) groups excluding carboxylic acids is 1. The van der Waals surface area contributed by atoms with Gasteiger partial charge in [0.05, 0.1) is 31.5 Å². The predicted molar refractivity (Wildman–Crippen MR) is 93.3 cm³/mol. The van der Waals surface area contributed by atoms with Gasteiger partial charge in [-0.3, -0.25) is 4.79 Å². The molecule has 2 saturated carbocycles. The number of hydrogen-bond donors (Lipinski definition) is 1. The Labute approximate surface area is 154 Å². The average molecular weight is 360 g/mol. The van der Waals surface area contributed by atoms with Gasteiger partial charge >= 0.3 is 5.97 Å². The number of rotatable bonds is 1. The van der Waals surface area contributed by atoms with E-state index < -0.39 is 11.5 Å². The lowest BCUT2D eigenvalue weighted by Crippen LogP contribution is -2.61. The summed E-state index contributed by atoms with van der Waals surface area (Å²) in [5, 5.41) is 11.2. The van der Waals surface area contributed by atoms with Crippen molar-refractivity contribution in [1.29, 1.82) is 0 Å². The molecule has 1 aromatic rings. The summed E-state index contributed by atoms with van der Waals surface area (Å²) in [5.74, 6) is 1.48. The van der Waals surface area contributed by atoms with E-state index in [0.717, 1.165) is 25.0 Å². The second kappa shape index (κ2) is 5.35. The van der Waals surface area contributed by atoms with E-state index in [0.29, 0.717) is 13.0 Å². The Balaban J connectivity index is 1.65. The van der Waals surface area contributed by atoms with Crippen LogP contribution in [0.1, 0.15) is 62.9 Å². The summed E-state index contributed by atoms with van der Waals surface area (Å²) in [4.78, 5) is 12.7. The highest BCUT2D eigenvalue weighted by Crippen LogP contribution is 2.70. The maximum atomic E-state index is 12.7. The number of aliphatic hydroxyl groups excluding tert-OH is 1. The predicted octanol–water partition coefficient (Wildman–Crippen LogP) is 3.43. The molecule has 5 nitrogen and oxygen atoms in total. The smallest absolute Gasteiger partial charge is 0.311 e. The van der Waals surface area contributed by atoms with E-state index in [9.17, 15) is 9.90 Å². The lowest BCUT2D eigenvalue weighted by Gasteiger charge is -2.60. The zero-order valence-electron chi connectivity index (χ0n) is 15.7. The quantitative estimate of drug-likeness (QED) is 0.777. The van der Waals surface area contributed by atoms with Gasteiger partial charge in [0.1, 0.15) is 11.9 Å². The van der Waals surface area contributed by atoms with Gasteiger partial charge in [0.2, 0.25) is 0 Å². The zero-order chi connectivity index (χ0) is 18.3. The van der Waals surface area contributed by atoms with E-state index in [-0.39, 0.29) is 41.2 Å². The molecule has 0 radical (unpaired) electrons. The highest BCUT2D eigenvalue weighted by Gasteiger charge is 2.69. The van der Waals surface area contributed by atoms with Crippen molar-refractivity contribution in [2.45, 2.75) is 57.7 Å². The van der Waals surface area contributed by atoms with Crippen LogP contribution in [0.5, 0.6) is 0 Å². The number of aliphatic hydroxyl groups is 1. The third-order valence-electron chi connectivity index (χ3n) is 8.36. The highest BCUT2D eigenvalue weighted by molar-refractivity contribution is 5.77. The summed E-state index contributed by atoms with van der Waals surface area (Å²) < 4.78 is 17.4. The molecule has 0 unspecified atom stereocenters. The first-order valence-corrected chi connectivity index (χ1v) is 9.89. The Kier molecular flexibility index (Phi) is 3.46. The Bertz CT molecular complexity index is 741. The van der Waals surface area contributed by atoms with Crippen LogP contribution in [-0.2, 0) is 14.3 Å². The molecule has 2 heterocycles. The summed E-state index contributed by atoms with van der Waals surface area (Å²) in [6.07, 6.45) is 4.74. The van der Waals surface area contributed by atoms with E-state index >= 15 is 0 Å². The maximum Gasteiger partial charge on any atom is 0.311 e. The highest BCUT2D eigenvalue weighted by atomic mass is 16.5. The standard InChI is InChI=1S/C21H28O5/c1-11-12-5-8-25-17(12)18-16-15(11)13(22)9-14-20(2,19(23)24-3)6-4-7-21(14,16)10-26-18/h5,8,11,13-16,18,22H,4,6-7,9-10H2,1-3H3/t11-,13-,14-,15+,16+,18+,20+,21+/m0/s1. The maximum absolute atomic E-state index is 12.7. The number of furan rings is 1. The van der Waals surface area contributed by atoms with Crippen molar-refractivity contribution in [2.75, 3.05) is 13.7 Å². The van der Waals surface area contributed by atoms with Gasteiger partial charge < -0.3 is 19.0 Å². The van der Waals surface area contributed by atoms with Crippen LogP contribution in [0.4, 0.5) is 0 Å². The van der Waals surface area contributed by atoms with Crippen LogP contribution in [0.2, 0.25) is 0 Å². The number of carbonyl (C=O) groups is 1. The molecule has 0 bridgehead atoms. The molecule has 3 fully saturated rings. The molecule has 1 aliphatic heterocycles. The molecule has 1 aromatic heterocycles. The molecule has 142 valence electrons. The van der Waals surface area contributed by atoms with E-state index in [1.165, 1.54) is 12.7 Å². The van der Waals surface area contributed by atoms with E-state index in [4.69, 9.17) is 13.9 Å². The van der Waals surface area contributed by atoms with Crippen LogP contribution in [0.3, 0.4) is 0 Å². The second-order valence-electron chi connectivity index (χ2n) is 9.22. The van der Waals surface area contributed by atoms with Crippen LogP contribution in [0, 0.1) is 28.6 Å². The minimum atomic E-state index is -0.552. The zero-order valence-corrected chi connectivity index (χ0v) is 15.7. The Hall–Kier alpha value is -1.33. The lowest BCUT2D eigenvalue weighted by molar-refractivity contribution is -0.183. The summed E-state index contributed by atoms with van der Waals surface area (Å²) in [6, 6.07) is 2.03. The molecule has 1 spiro atoms. The van der Waals surface area contributed by atoms with Gasteiger partial charge in [-0.15, -0.1) is 0 Å². The van der Waals surface area contributed by atoms with Crippen LogP contribution < -0.4 is 0 Å². The van der Waals surface area contributed by atoms with Gasteiger partial charge in [-0.2, -0.15) is 0 Å². The van der Waals surface area contributed by atoms with Crippen LogP contribution in [0.25, 0.3) is 0 Å². The molecule has 3 aliphatic carbocycles. The summed E-state index contributed by atoms with van der Waals surface area (Å²) in [7, 11) is 1.47. The fourth-order valence-corrected chi connectivity index (χ4v) is 7.31. The van der Waals surface area contributed by atoms with E-state index in [1.54, 1.807) is 6.26 Å². The Morgan fingerprint density at radius 2 is 2.19 bits per heavy atom. The molecular weight excluding hydrogens is 332 g/mol. The first kappa shape index (κ1) is 16.8. The first-order chi connectivity index (χ1) is 12.4. The molecule has 0 aromatic carbocycles.